The maximum Gasteiger partial charge on any atom is 0.472 e. The largest absolute Gasteiger partial charge is 0.472 e. The second-order valence-corrected chi connectivity index (χ2v) is 28.8. The maximum atomic E-state index is 13.0. The predicted octanol–water partition coefficient (Wildman–Crippen LogP) is 18.5. The first-order valence-electron chi connectivity index (χ1n) is 34.7. The van der Waals surface area contributed by atoms with Crippen LogP contribution in [0, 0.1) is 23.7 Å². The molecular formula is C67H130O17P2. The molecule has 0 aliphatic carbocycles. The number of unbranched alkanes of at least 4 members (excludes halogenated alkanes) is 29. The van der Waals surface area contributed by atoms with Gasteiger partial charge in [0, 0.05) is 25.7 Å². The molecule has 0 radical (unpaired) electrons. The minimum Gasteiger partial charge on any atom is -0.462 e. The minimum atomic E-state index is -4.95. The third kappa shape index (κ3) is 59.7. The van der Waals surface area contributed by atoms with Crippen molar-refractivity contribution >= 4 is 39.5 Å². The molecule has 0 aliphatic rings. The van der Waals surface area contributed by atoms with E-state index in [2.05, 4.69) is 55.4 Å². The Hall–Kier alpha value is -1.94. The first-order chi connectivity index (χ1) is 41.1. The SMILES string of the molecule is CCC(C)CCCCCCCCCCCCC(=O)O[C@H](COC(=O)CCCCCCCCCCCCC(C)C)COP(=O)(O)OC[C@@H](O)COP(=O)(O)OC[C@@H](COC(=O)CCCCCCCCC(C)C)OC(=O)CCCCCCCCCC(C)C. The number of carbonyl (C=O) groups excluding carboxylic acids is 4. The summed E-state index contributed by atoms with van der Waals surface area (Å²) in [6.07, 6.45) is 37.7. The first kappa shape index (κ1) is 84.1. The molecule has 6 atom stereocenters. The van der Waals surface area contributed by atoms with Gasteiger partial charge >= 0.3 is 39.5 Å². The number of phosphoric ester groups is 2. The van der Waals surface area contributed by atoms with Crippen LogP contribution >= 0.6 is 15.6 Å². The third-order valence-corrected chi connectivity index (χ3v) is 17.6. The van der Waals surface area contributed by atoms with Gasteiger partial charge in [0.25, 0.3) is 0 Å². The standard InChI is InChI=1S/C67H130O17P2/c1-9-60(8)46-38-30-21-15-11-13-17-23-33-41-49-66(71)83-62(53-77-64(69)47-39-31-22-16-12-10-14-19-27-35-43-57(2)3)55-81-85(73,74)79-51-61(68)52-80-86(75,76)82-56-63(54-78-65(70)48-40-32-26-25-29-37-45-59(6)7)84-67(72)50-42-34-24-18-20-28-36-44-58(4)5/h57-63,68H,9-56H2,1-8H3,(H,73,74)(H,75,76)/t60?,61-,62-,63-/m1/s1. The van der Waals surface area contributed by atoms with Crippen molar-refractivity contribution in [1.82, 2.24) is 0 Å². The van der Waals surface area contributed by atoms with Crippen molar-refractivity contribution < 1.29 is 80.2 Å². The molecule has 510 valence electrons. The smallest absolute Gasteiger partial charge is 0.462 e. The van der Waals surface area contributed by atoms with E-state index in [-0.39, 0.29) is 25.7 Å². The van der Waals surface area contributed by atoms with E-state index < -0.39 is 97.5 Å². The van der Waals surface area contributed by atoms with Gasteiger partial charge in [0.2, 0.25) is 0 Å². The van der Waals surface area contributed by atoms with Crippen molar-refractivity contribution in [3.63, 3.8) is 0 Å². The topological polar surface area (TPSA) is 237 Å². The number of rotatable bonds is 64. The van der Waals surface area contributed by atoms with Gasteiger partial charge in [-0.05, 0) is 49.4 Å². The van der Waals surface area contributed by atoms with E-state index in [0.717, 1.165) is 108 Å². The molecule has 86 heavy (non-hydrogen) atoms. The molecule has 3 N–H and O–H groups in total. The predicted molar refractivity (Wildman–Crippen MR) is 344 cm³/mol. The fourth-order valence-electron chi connectivity index (χ4n) is 9.93. The summed E-state index contributed by atoms with van der Waals surface area (Å²) in [5.41, 5.74) is 0. The van der Waals surface area contributed by atoms with Gasteiger partial charge < -0.3 is 33.8 Å². The van der Waals surface area contributed by atoms with Crippen molar-refractivity contribution in [2.24, 2.45) is 23.7 Å². The molecule has 0 rings (SSSR count). The van der Waals surface area contributed by atoms with Crippen LogP contribution < -0.4 is 0 Å². The summed E-state index contributed by atoms with van der Waals surface area (Å²) in [5.74, 6) is 0.800. The number of aliphatic hydroxyl groups is 1. The van der Waals surface area contributed by atoms with Gasteiger partial charge in [-0.1, -0.05) is 274 Å². The summed E-state index contributed by atoms with van der Waals surface area (Å²) in [5, 5.41) is 10.6. The van der Waals surface area contributed by atoms with Gasteiger partial charge in [-0.2, -0.15) is 0 Å². The highest BCUT2D eigenvalue weighted by atomic mass is 31.2. The summed E-state index contributed by atoms with van der Waals surface area (Å²) < 4.78 is 68.1. The summed E-state index contributed by atoms with van der Waals surface area (Å²) in [6.45, 7) is 14.0. The van der Waals surface area contributed by atoms with E-state index in [1.807, 2.05) is 0 Å². The molecule has 0 aliphatic heterocycles. The number of esters is 4. The number of hydrogen-bond acceptors (Lipinski definition) is 15. The molecule has 19 heteroatoms. The summed E-state index contributed by atoms with van der Waals surface area (Å²) in [6, 6.07) is 0. The maximum absolute atomic E-state index is 13.0. The van der Waals surface area contributed by atoms with Gasteiger partial charge in [0.05, 0.1) is 26.4 Å². The zero-order valence-corrected chi connectivity index (χ0v) is 57.7. The molecule has 0 heterocycles. The average molecular weight is 1270 g/mol. The molecule has 17 nitrogen and oxygen atoms in total. The fraction of sp³-hybridized carbons (Fsp3) is 0.940. The number of aliphatic hydroxyl groups excluding tert-OH is 1. The Balaban J connectivity index is 5.25. The molecule has 0 spiro atoms. The van der Waals surface area contributed by atoms with Crippen molar-refractivity contribution in [3.8, 4) is 0 Å². The zero-order chi connectivity index (χ0) is 63.9. The normalized spacial score (nSPS) is 14.7. The second-order valence-electron chi connectivity index (χ2n) is 25.9. The van der Waals surface area contributed by atoms with E-state index >= 15 is 0 Å². The number of hydrogen-bond donors (Lipinski definition) is 3. The Labute approximate surface area is 524 Å². The lowest BCUT2D eigenvalue weighted by Gasteiger charge is -2.21. The highest BCUT2D eigenvalue weighted by Crippen LogP contribution is 2.45. The average Bonchev–Trinajstić information content (AvgIpc) is 3.58. The molecule has 0 bridgehead atoms. The Bertz CT molecular complexity index is 1720. The Kier molecular flexibility index (Phi) is 55.7. The van der Waals surface area contributed by atoms with Crippen LogP contribution in [0.25, 0.3) is 0 Å². The van der Waals surface area contributed by atoms with Crippen LogP contribution in [0.4, 0.5) is 0 Å². The number of ether oxygens (including phenoxy) is 4. The lowest BCUT2D eigenvalue weighted by atomic mass is 9.99. The van der Waals surface area contributed by atoms with Gasteiger partial charge in [-0.3, -0.25) is 37.3 Å². The van der Waals surface area contributed by atoms with Crippen molar-refractivity contribution in [1.29, 1.82) is 0 Å². The van der Waals surface area contributed by atoms with Gasteiger partial charge in [-0.15, -0.1) is 0 Å². The van der Waals surface area contributed by atoms with Crippen LogP contribution in [-0.4, -0.2) is 96.7 Å². The van der Waals surface area contributed by atoms with Crippen LogP contribution in [0.3, 0.4) is 0 Å². The van der Waals surface area contributed by atoms with Crippen LogP contribution in [0.1, 0.15) is 325 Å². The molecule has 0 fully saturated rings. The summed E-state index contributed by atoms with van der Waals surface area (Å²) in [4.78, 5) is 72.3. The van der Waals surface area contributed by atoms with E-state index in [1.54, 1.807) is 0 Å². The number of phosphoric acid groups is 2. The summed E-state index contributed by atoms with van der Waals surface area (Å²) >= 11 is 0. The molecule has 0 aromatic heterocycles. The van der Waals surface area contributed by atoms with Crippen LogP contribution in [0.5, 0.6) is 0 Å². The highest BCUT2D eigenvalue weighted by molar-refractivity contribution is 7.47. The minimum absolute atomic E-state index is 0.102. The van der Waals surface area contributed by atoms with Crippen LogP contribution in [0.2, 0.25) is 0 Å². The van der Waals surface area contributed by atoms with Gasteiger partial charge in [0.1, 0.15) is 19.3 Å². The molecule has 0 saturated heterocycles. The molecule has 0 saturated carbocycles. The fourth-order valence-corrected chi connectivity index (χ4v) is 11.5. The lowest BCUT2D eigenvalue weighted by Crippen LogP contribution is -2.30. The van der Waals surface area contributed by atoms with E-state index in [0.29, 0.717) is 37.5 Å². The number of carbonyl (C=O) groups is 4. The third-order valence-electron chi connectivity index (χ3n) is 15.7. The first-order valence-corrected chi connectivity index (χ1v) is 37.7. The van der Waals surface area contributed by atoms with Crippen molar-refractivity contribution in [2.45, 2.75) is 343 Å². The molecule has 0 aromatic rings. The molecule has 0 aromatic carbocycles. The van der Waals surface area contributed by atoms with E-state index in [4.69, 9.17) is 37.0 Å². The van der Waals surface area contributed by atoms with Crippen molar-refractivity contribution in [3.05, 3.63) is 0 Å². The Morgan fingerprint density at radius 1 is 0.326 bits per heavy atom. The Morgan fingerprint density at radius 2 is 0.558 bits per heavy atom. The van der Waals surface area contributed by atoms with Crippen molar-refractivity contribution in [2.75, 3.05) is 39.6 Å². The lowest BCUT2D eigenvalue weighted by molar-refractivity contribution is -0.161. The monoisotopic (exact) mass is 1270 g/mol. The second kappa shape index (κ2) is 57.0. The highest BCUT2D eigenvalue weighted by Gasteiger charge is 2.30. The zero-order valence-electron chi connectivity index (χ0n) is 55.9. The molecular weight excluding hydrogens is 1140 g/mol. The van der Waals surface area contributed by atoms with Gasteiger partial charge in [0.15, 0.2) is 12.2 Å². The van der Waals surface area contributed by atoms with Crippen LogP contribution in [-0.2, 0) is 65.4 Å². The molecule has 0 amide bonds. The Morgan fingerprint density at radius 3 is 0.826 bits per heavy atom. The van der Waals surface area contributed by atoms with Crippen LogP contribution in [0.15, 0.2) is 0 Å². The molecule has 3 unspecified atom stereocenters. The van der Waals surface area contributed by atoms with E-state index in [1.165, 1.54) is 122 Å². The van der Waals surface area contributed by atoms with E-state index in [9.17, 15) is 43.2 Å². The van der Waals surface area contributed by atoms with Gasteiger partial charge in [-0.25, -0.2) is 9.13 Å². The summed E-state index contributed by atoms with van der Waals surface area (Å²) in [7, 11) is -9.90. The quantitative estimate of drug-likeness (QED) is 0.0222.